The van der Waals surface area contributed by atoms with Crippen molar-refractivity contribution in [3.63, 3.8) is 0 Å². The Labute approximate surface area is 75.7 Å². The topological polar surface area (TPSA) is 57.0 Å². The van der Waals surface area contributed by atoms with Gasteiger partial charge in [-0.2, -0.15) is 9.90 Å². The average molecular weight is 179 g/mol. The van der Waals surface area contributed by atoms with Gasteiger partial charge in [-0.25, -0.2) is 4.79 Å². The lowest BCUT2D eigenvalue weighted by atomic mass is 10.5. The number of aromatic nitrogens is 3. The van der Waals surface area contributed by atoms with Crippen LogP contribution in [0.3, 0.4) is 0 Å². The minimum atomic E-state index is -0.578. The fourth-order valence-corrected chi connectivity index (χ4v) is 0.673. The van der Waals surface area contributed by atoms with Gasteiger partial charge in [-0.05, 0) is 12.8 Å². The molecular formula is C8H9N3O2. The molecule has 0 saturated carbocycles. The summed E-state index contributed by atoms with van der Waals surface area (Å²) in [6.45, 7) is 2.59. The van der Waals surface area contributed by atoms with Crippen LogP contribution in [0.1, 0.15) is 12.6 Å². The standard InChI is InChI=1S/C8H9N3O2/c1-3-11-9-6-7(10-11)4-5-8(12)13-2/h6H,3H2,1-2H3. The van der Waals surface area contributed by atoms with Gasteiger partial charge in [0.15, 0.2) is 5.69 Å². The summed E-state index contributed by atoms with van der Waals surface area (Å²) < 4.78 is 4.34. The maximum absolute atomic E-state index is 10.6. The Hall–Kier alpha value is -1.83. The van der Waals surface area contributed by atoms with Gasteiger partial charge in [0.25, 0.3) is 0 Å². The normalized spacial score (nSPS) is 8.77. The first kappa shape index (κ1) is 9.26. The Balaban J connectivity index is 2.72. The molecule has 0 bridgehead atoms. The predicted octanol–water partition coefficient (Wildman–Crippen LogP) is -0.178. The molecule has 1 rings (SSSR count). The fourth-order valence-electron chi connectivity index (χ4n) is 0.673. The van der Waals surface area contributed by atoms with Crippen LogP contribution >= 0.6 is 0 Å². The maximum Gasteiger partial charge on any atom is 0.384 e. The second-order valence-electron chi connectivity index (χ2n) is 2.16. The molecule has 5 heteroatoms. The van der Waals surface area contributed by atoms with Crippen molar-refractivity contribution in [3.8, 4) is 11.8 Å². The minimum Gasteiger partial charge on any atom is -0.459 e. The number of methoxy groups -OCH3 is 1. The molecule has 0 atom stereocenters. The summed E-state index contributed by atoms with van der Waals surface area (Å²) in [5.41, 5.74) is 0.465. The van der Waals surface area contributed by atoms with Gasteiger partial charge in [0.2, 0.25) is 0 Å². The Morgan fingerprint density at radius 1 is 1.77 bits per heavy atom. The van der Waals surface area contributed by atoms with E-state index >= 15 is 0 Å². The third-order valence-electron chi connectivity index (χ3n) is 1.30. The van der Waals surface area contributed by atoms with Crippen molar-refractivity contribution >= 4 is 5.97 Å². The van der Waals surface area contributed by atoms with Gasteiger partial charge in [-0.1, -0.05) is 0 Å². The lowest BCUT2D eigenvalue weighted by molar-refractivity contribution is -0.133. The molecule has 5 nitrogen and oxygen atoms in total. The van der Waals surface area contributed by atoms with E-state index in [1.54, 1.807) is 0 Å². The van der Waals surface area contributed by atoms with E-state index in [0.717, 1.165) is 0 Å². The molecule has 0 N–H and O–H groups in total. The van der Waals surface area contributed by atoms with E-state index in [-0.39, 0.29) is 0 Å². The molecule has 0 saturated heterocycles. The molecule has 0 aromatic carbocycles. The average Bonchev–Trinajstić information content (AvgIpc) is 2.61. The van der Waals surface area contributed by atoms with Crippen LogP contribution in [0.4, 0.5) is 0 Å². The van der Waals surface area contributed by atoms with E-state index in [1.165, 1.54) is 18.1 Å². The van der Waals surface area contributed by atoms with Gasteiger partial charge in [0.1, 0.15) is 0 Å². The SMILES string of the molecule is CCn1ncc(C#CC(=O)OC)n1. The number of carbonyl (C=O) groups is 1. The smallest absolute Gasteiger partial charge is 0.384 e. The second-order valence-corrected chi connectivity index (χ2v) is 2.16. The molecule has 68 valence electrons. The number of hydrogen-bond acceptors (Lipinski definition) is 4. The number of ether oxygens (including phenoxy) is 1. The number of carbonyl (C=O) groups excluding carboxylic acids is 1. The molecule has 0 fully saturated rings. The highest BCUT2D eigenvalue weighted by Gasteiger charge is 1.95. The molecule has 13 heavy (non-hydrogen) atoms. The zero-order valence-electron chi connectivity index (χ0n) is 7.44. The van der Waals surface area contributed by atoms with Gasteiger partial charge in [0.05, 0.1) is 19.9 Å². The summed E-state index contributed by atoms with van der Waals surface area (Å²) in [6, 6.07) is 0. The Kier molecular flexibility index (Phi) is 3.03. The van der Waals surface area contributed by atoms with Gasteiger partial charge >= 0.3 is 5.97 Å². The highest BCUT2D eigenvalue weighted by Crippen LogP contribution is 1.87. The van der Waals surface area contributed by atoms with E-state index in [4.69, 9.17) is 0 Å². The molecule has 0 radical (unpaired) electrons. The van der Waals surface area contributed by atoms with Crippen LogP contribution in [0.15, 0.2) is 6.20 Å². The molecule has 0 spiro atoms. The van der Waals surface area contributed by atoms with Crippen LogP contribution < -0.4 is 0 Å². The van der Waals surface area contributed by atoms with Crippen molar-refractivity contribution in [1.82, 2.24) is 15.0 Å². The van der Waals surface area contributed by atoms with Crippen molar-refractivity contribution in [3.05, 3.63) is 11.9 Å². The summed E-state index contributed by atoms with van der Waals surface area (Å²) in [6.07, 6.45) is 1.50. The van der Waals surface area contributed by atoms with E-state index < -0.39 is 5.97 Å². The summed E-state index contributed by atoms with van der Waals surface area (Å²) >= 11 is 0. The van der Waals surface area contributed by atoms with Crippen LogP contribution in [0.25, 0.3) is 0 Å². The lowest BCUT2D eigenvalue weighted by Gasteiger charge is -1.86. The molecule has 1 heterocycles. The number of esters is 1. The monoisotopic (exact) mass is 179 g/mol. The summed E-state index contributed by atoms with van der Waals surface area (Å²) in [7, 11) is 1.28. The molecule has 0 aliphatic carbocycles. The number of hydrogen-bond donors (Lipinski definition) is 0. The number of aryl methyl sites for hydroxylation is 1. The fraction of sp³-hybridized carbons (Fsp3) is 0.375. The zero-order valence-corrected chi connectivity index (χ0v) is 7.44. The second kappa shape index (κ2) is 4.26. The van der Waals surface area contributed by atoms with E-state index in [2.05, 4.69) is 26.8 Å². The van der Waals surface area contributed by atoms with Crippen LogP contribution in [-0.4, -0.2) is 28.1 Å². The molecule has 0 aliphatic heterocycles. The first-order valence-electron chi connectivity index (χ1n) is 3.76. The maximum atomic E-state index is 10.6. The van der Waals surface area contributed by atoms with Crippen LogP contribution in [0, 0.1) is 11.8 Å². The van der Waals surface area contributed by atoms with E-state index in [1.807, 2.05) is 6.92 Å². The predicted molar refractivity (Wildman–Crippen MR) is 44.6 cm³/mol. The first-order valence-corrected chi connectivity index (χ1v) is 3.76. The largest absolute Gasteiger partial charge is 0.459 e. The van der Waals surface area contributed by atoms with Gasteiger partial charge in [-0.15, -0.1) is 5.10 Å². The third kappa shape index (κ3) is 2.60. The lowest BCUT2D eigenvalue weighted by Crippen LogP contribution is -1.98. The van der Waals surface area contributed by atoms with Crippen molar-refractivity contribution < 1.29 is 9.53 Å². The zero-order chi connectivity index (χ0) is 9.68. The van der Waals surface area contributed by atoms with Crippen LogP contribution in [0.5, 0.6) is 0 Å². The Morgan fingerprint density at radius 3 is 3.08 bits per heavy atom. The molecule has 1 aromatic rings. The highest BCUT2D eigenvalue weighted by molar-refractivity contribution is 5.88. The van der Waals surface area contributed by atoms with Gasteiger partial charge in [-0.3, -0.25) is 0 Å². The quantitative estimate of drug-likeness (QED) is 0.443. The van der Waals surface area contributed by atoms with E-state index in [0.29, 0.717) is 12.2 Å². The van der Waals surface area contributed by atoms with E-state index in [9.17, 15) is 4.79 Å². The first-order chi connectivity index (χ1) is 6.26. The highest BCUT2D eigenvalue weighted by atomic mass is 16.5. The molecule has 0 unspecified atom stereocenters. The van der Waals surface area contributed by atoms with Gasteiger partial charge in [0, 0.05) is 5.92 Å². The van der Waals surface area contributed by atoms with Crippen molar-refractivity contribution in [2.45, 2.75) is 13.5 Å². The van der Waals surface area contributed by atoms with Gasteiger partial charge < -0.3 is 4.74 Å². The van der Waals surface area contributed by atoms with Crippen LogP contribution in [-0.2, 0) is 16.1 Å². The molecule has 0 amide bonds. The molecular weight excluding hydrogens is 170 g/mol. The Bertz CT molecular complexity index is 359. The van der Waals surface area contributed by atoms with Crippen molar-refractivity contribution in [1.29, 1.82) is 0 Å². The Morgan fingerprint density at radius 2 is 2.54 bits per heavy atom. The number of rotatable bonds is 1. The van der Waals surface area contributed by atoms with Crippen molar-refractivity contribution in [2.24, 2.45) is 0 Å². The molecule has 1 aromatic heterocycles. The van der Waals surface area contributed by atoms with Crippen molar-refractivity contribution in [2.75, 3.05) is 7.11 Å². The number of nitrogens with zero attached hydrogens (tertiary/aromatic N) is 3. The summed E-state index contributed by atoms with van der Waals surface area (Å²) in [5.74, 6) is 4.21. The minimum absolute atomic E-state index is 0.465. The van der Waals surface area contributed by atoms with Crippen LogP contribution in [0.2, 0.25) is 0 Å². The molecule has 0 aliphatic rings. The summed E-state index contributed by atoms with van der Waals surface area (Å²) in [5, 5.41) is 7.85. The third-order valence-corrected chi connectivity index (χ3v) is 1.30. The summed E-state index contributed by atoms with van der Waals surface area (Å²) in [4.78, 5) is 12.1.